The van der Waals surface area contributed by atoms with Gasteiger partial charge >= 0.3 is 0 Å². The van der Waals surface area contributed by atoms with Gasteiger partial charge in [-0.3, -0.25) is 0 Å². The molecule has 1 aliphatic rings. The summed E-state index contributed by atoms with van der Waals surface area (Å²) in [5.41, 5.74) is 2.80. The zero-order valence-corrected chi connectivity index (χ0v) is 10.4. The molecule has 3 nitrogen and oxygen atoms in total. The molecule has 0 bridgehead atoms. The molecule has 0 radical (unpaired) electrons. The van der Waals surface area contributed by atoms with Crippen LogP contribution in [0.3, 0.4) is 0 Å². The van der Waals surface area contributed by atoms with E-state index in [1.165, 1.54) is 17.5 Å². The van der Waals surface area contributed by atoms with E-state index in [1.54, 1.807) is 0 Å². The van der Waals surface area contributed by atoms with E-state index in [9.17, 15) is 0 Å². The molecule has 0 saturated carbocycles. The van der Waals surface area contributed by atoms with E-state index < -0.39 is 0 Å². The second kappa shape index (κ2) is 4.77. The Bertz CT molecular complexity index is 531. The molecule has 0 saturated heterocycles. The van der Waals surface area contributed by atoms with Crippen LogP contribution < -0.4 is 0 Å². The summed E-state index contributed by atoms with van der Waals surface area (Å²) in [6, 6.07) is 10.6. The lowest BCUT2D eigenvalue weighted by Crippen LogP contribution is -2.15. The molecule has 92 valence electrons. The van der Waals surface area contributed by atoms with Crippen molar-refractivity contribution in [2.75, 3.05) is 0 Å². The molecule has 0 amide bonds. The van der Waals surface area contributed by atoms with Gasteiger partial charge in [-0.15, -0.1) is 10.2 Å². The second-order valence-electron chi connectivity index (χ2n) is 4.89. The van der Waals surface area contributed by atoms with Crippen LogP contribution in [0.4, 0.5) is 0 Å². The molecule has 1 aliphatic carbocycles. The average Bonchev–Trinajstić information content (AvgIpc) is 2.93. The quantitative estimate of drug-likeness (QED) is 0.752. The minimum atomic E-state index is 0.304. The molecular weight excluding hydrogens is 224 g/mol. The van der Waals surface area contributed by atoms with Crippen molar-refractivity contribution in [3.05, 3.63) is 59.8 Å². The first-order chi connectivity index (χ1) is 8.84. The third kappa shape index (κ3) is 2.08. The first-order valence-electron chi connectivity index (χ1n) is 6.31. The maximum atomic E-state index is 5.41. The van der Waals surface area contributed by atoms with Gasteiger partial charge in [-0.25, -0.2) is 0 Å². The van der Waals surface area contributed by atoms with Crippen molar-refractivity contribution < 1.29 is 4.42 Å². The van der Waals surface area contributed by atoms with Crippen LogP contribution in [-0.4, -0.2) is 10.2 Å². The molecular formula is C15H16N2O. The smallest absolute Gasteiger partial charge is 0.220 e. The largest absolute Gasteiger partial charge is 0.428 e. The standard InChI is InChI=1S/C15H16N2O/c1-11-7-8-13(15-17-16-10-18-15)14(9-11)12-5-3-2-4-6-12/h2-7,10,13-14H,8-9H2,1H3/t13-,14+/m0/s1. The summed E-state index contributed by atoms with van der Waals surface area (Å²) in [5.74, 6) is 1.50. The Morgan fingerprint density at radius 3 is 2.72 bits per heavy atom. The Kier molecular flexibility index (Phi) is 2.97. The van der Waals surface area contributed by atoms with Gasteiger partial charge in [-0.05, 0) is 31.2 Å². The van der Waals surface area contributed by atoms with E-state index in [-0.39, 0.29) is 0 Å². The van der Waals surface area contributed by atoms with Crippen LogP contribution in [0.25, 0.3) is 0 Å². The van der Waals surface area contributed by atoms with Gasteiger partial charge in [0.25, 0.3) is 0 Å². The van der Waals surface area contributed by atoms with Gasteiger partial charge in [0.15, 0.2) is 0 Å². The molecule has 3 heteroatoms. The normalized spacial score (nSPS) is 23.7. The molecule has 0 N–H and O–H groups in total. The molecule has 1 heterocycles. The van der Waals surface area contributed by atoms with Crippen molar-refractivity contribution in [1.82, 2.24) is 10.2 Å². The third-order valence-electron chi connectivity index (χ3n) is 3.67. The fourth-order valence-corrected chi connectivity index (χ4v) is 2.73. The van der Waals surface area contributed by atoms with E-state index in [0.29, 0.717) is 11.8 Å². The number of allylic oxidation sites excluding steroid dienone is 2. The van der Waals surface area contributed by atoms with Crippen molar-refractivity contribution in [2.45, 2.75) is 31.6 Å². The molecule has 3 rings (SSSR count). The molecule has 2 atom stereocenters. The predicted octanol–water partition coefficient (Wildman–Crippen LogP) is 3.68. The SMILES string of the molecule is CC1=CC[C@H](c2nnco2)[C@@H](c2ccccc2)C1. The summed E-state index contributed by atoms with van der Waals surface area (Å²) in [6.45, 7) is 2.19. The van der Waals surface area contributed by atoms with Crippen LogP contribution in [0, 0.1) is 0 Å². The fraction of sp³-hybridized carbons (Fsp3) is 0.333. The summed E-state index contributed by atoms with van der Waals surface area (Å²) in [5, 5.41) is 7.90. The lowest BCUT2D eigenvalue weighted by molar-refractivity contribution is 0.391. The highest BCUT2D eigenvalue weighted by molar-refractivity contribution is 5.28. The van der Waals surface area contributed by atoms with E-state index in [2.05, 4.69) is 53.5 Å². The van der Waals surface area contributed by atoms with Crippen LogP contribution in [0.5, 0.6) is 0 Å². The van der Waals surface area contributed by atoms with Crippen molar-refractivity contribution in [3.8, 4) is 0 Å². The zero-order chi connectivity index (χ0) is 12.4. The van der Waals surface area contributed by atoms with E-state index in [1.807, 2.05) is 0 Å². The maximum Gasteiger partial charge on any atom is 0.220 e. The summed E-state index contributed by atoms with van der Waals surface area (Å²) in [6.07, 6.45) is 5.75. The number of aromatic nitrogens is 2. The van der Waals surface area contributed by atoms with Gasteiger partial charge in [0.1, 0.15) is 0 Å². The number of rotatable bonds is 2. The Morgan fingerprint density at radius 2 is 2.00 bits per heavy atom. The van der Waals surface area contributed by atoms with Crippen molar-refractivity contribution in [3.63, 3.8) is 0 Å². The van der Waals surface area contributed by atoms with Crippen molar-refractivity contribution in [1.29, 1.82) is 0 Å². The molecule has 0 aliphatic heterocycles. The Morgan fingerprint density at radius 1 is 1.17 bits per heavy atom. The van der Waals surface area contributed by atoms with Crippen LogP contribution in [0.1, 0.15) is 43.1 Å². The highest BCUT2D eigenvalue weighted by Gasteiger charge is 2.30. The summed E-state index contributed by atoms with van der Waals surface area (Å²) in [4.78, 5) is 0. The monoisotopic (exact) mass is 240 g/mol. The summed E-state index contributed by atoms with van der Waals surface area (Å²) < 4.78 is 5.41. The van der Waals surface area contributed by atoms with E-state index >= 15 is 0 Å². The molecule has 1 aromatic carbocycles. The molecule has 2 aromatic rings. The Labute approximate surface area is 107 Å². The lowest BCUT2D eigenvalue weighted by atomic mass is 9.76. The van der Waals surface area contributed by atoms with Gasteiger partial charge in [-0.1, -0.05) is 42.0 Å². The van der Waals surface area contributed by atoms with Crippen molar-refractivity contribution in [2.24, 2.45) is 0 Å². The Hall–Kier alpha value is -1.90. The first kappa shape index (κ1) is 11.2. The van der Waals surface area contributed by atoms with Gasteiger partial charge in [-0.2, -0.15) is 0 Å². The summed E-state index contributed by atoms with van der Waals surface area (Å²) >= 11 is 0. The van der Waals surface area contributed by atoms with Crippen molar-refractivity contribution >= 4 is 0 Å². The average molecular weight is 240 g/mol. The first-order valence-corrected chi connectivity index (χ1v) is 6.31. The van der Waals surface area contributed by atoms with Crippen LogP contribution in [-0.2, 0) is 0 Å². The number of benzene rings is 1. The van der Waals surface area contributed by atoms with Gasteiger partial charge in [0.2, 0.25) is 12.3 Å². The zero-order valence-electron chi connectivity index (χ0n) is 10.4. The number of nitrogens with zero attached hydrogens (tertiary/aromatic N) is 2. The Balaban J connectivity index is 1.96. The molecule has 0 fully saturated rings. The minimum Gasteiger partial charge on any atom is -0.428 e. The maximum absolute atomic E-state index is 5.41. The van der Waals surface area contributed by atoms with E-state index in [0.717, 1.165) is 18.7 Å². The van der Waals surface area contributed by atoms with Crippen LogP contribution >= 0.6 is 0 Å². The fourth-order valence-electron chi connectivity index (χ4n) is 2.73. The highest BCUT2D eigenvalue weighted by Crippen LogP contribution is 2.42. The summed E-state index contributed by atoms with van der Waals surface area (Å²) in [7, 11) is 0. The molecule has 1 aromatic heterocycles. The van der Waals surface area contributed by atoms with Crippen LogP contribution in [0.15, 0.2) is 52.8 Å². The predicted molar refractivity (Wildman–Crippen MR) is 69.2 cm³/mol. The van der Waals surface area contributed by atoms with Gasteiger partial charge in [0, 0.05) is 5.92 Å². The van der Waals surface area contributed by atoms with Gasteiger partial charge < -0.3 is 4.42 Å². The topological polar surface area (TPSA) is 38.9 Å². The number of hydrogen-bond donors (Lipinski definition) is 0. The number of hydrogen-bond acceptors (Lipinski definition) is 3. The highest BCUT2D eigenvalue weighted by atomic mass is 16.4. The van der Waals surface area contributed by atoms with E-state index in [4.69, 9.17) is 4.42 Å². The molecule has 18 heavy (non-hydrogen) atoms. The van der Waals surface area contributed by atoms with Crippen LogP contribution in [0.2, 0.25) is 0 Å². The minimum absolute atomic E-state index is 0.304. The third-order valence-corrected chi connectivity index (χ3v) is 3.67. The lowest BCUT2D eigenvalue weighted by Gasteiger charge is -2.28. The molecule has 0 spiro atoms. The van der Waals surface area contributed by atoms with Gasteiger partial charge in [0.05, 0.1) is 0 Å². The molecule has 0 unspecified atom stereocenters. The second-order valence-corrected chi connectivity index (χ2v) is 4.89.